The van der Waals surface area contributed by atoms with E-state index in [2.05, 4.69) is 20.3 Å². The first-order chi connectivity index (χ1) is 13.3. The van der Waals surface area contributed by atoms with Crippen LogP contribution in [0.15, 0.2) is 45.5 Å². The first kappa shape index (κ1) is 16.4. The third kappa shape index (κ3) is 3.21. The zero-order chi connectivity index (χ0) is 18.2. The van der Waals surface area contributed by atoms with Gasteiger partial charge >= 0.3 is 0 Å². The largest absolute Gasteiger partial charge is 0.420 e. The molecule has 0 atom stereocenters. The van der Waals surface area contributed by atoms with Crippen LogP contribution in [0.2, 0.25) is 5.02 Å². The van der Waals surface area contributed by atoms with Crippen LogP contribution in [0, 0.1) is 0 Å². The lowest BCUT2D eigenvalue weighted by Crippen LogP contribution is -1.93. The zero-order valence-electron chi connectivity index (χ0n) is 14.6. The molecule has 1 aliphatic rings. The normalized spacial score (nSPS) is 15.0. The minimum Gasteiger partial charge on any atom is -0.420 e. The number of rotatable bonds is 4. The fraction of sp³-hybridized carbons (Fsp3) is 0.300. The van der Waals surface area contributed by atoms with Gasteiger partial charge in [-0.1, -0.05) is 41.7 Å². The highest BCUT2D eigenvalue weighted by Gasteiger charge is 2.24. The molecule has 27 heavy (non-hydrogen) atoms. The van der Waals surface area contributed by atoms with Crippen LogP contribution in [0.3, 0.4) is 0 Å². The lowest BCUT2D eigenvalue weighted by molar-refractivity contribution is 0.430. The van der Waals surface area contributed by atoms with Gasteiger partial charge in [0.05, 0.1) is 23.1 Å². The molecule has 5 rings (SSSR count). The highest BCUT2D eigenvalue weighted by atomic mass is 35.5. The van der Waals surface area contributed by atoms with Crippen LogP contribution < -0.4 is 0 Å². The van der Waals surface area contributed by atoms with Gasteiger partial charge in [0, 0.05) is 17.1 Å². The molecule has 0 amide bonds. The number of hydrogen-bond donors (Lipinski definition) is 0. The van der Waals surface area contributed by atoms with Crippen LogP contribution in [-0.4, -0.2) is 20.3 Å². The van der Waals surface area contributed by atoms with E-state index in [9.17, 15) is 0 Å². The van der Waals surface area contributed by atoms with Crippen molar-refractivity contribution in [1.29, 1.82) is 0 Å². The number of halogens is 1. The summed E-state index contributed by atoms with van der Waals surface area (Å²) in [5.41, 5.74) is 3.39. The highest BCUT2D eigenvalue weighted by Crippen LogP contribution is 2.37. The van der Waals surface area contributed by atoms with Crippen molar-refractivity contribution < 1.29 is 8.94 Å². The van der Waals surface area contributed by atoms with E-state index in [1.54, 1.807) is 6.20 Å². The second-order valence-electron chi connectivity index (χ2n) is 6.93. The fourth-order valence-corrected chi connectivity index (χ4v) is 3.81. The van der Waals surface area contributed by atoms with Crippen molar-refractivity contribution in [1.82, 2.24) is 20.3 Å². The first-order valence-corrected chi connectivity index (χ1v) is 9.46. The van der Waals surface area contributed by atoms with Gasteiger partial charge in [-0.25, -0.2) is 4.98 Å². The Morgan fingerprint density at radius 3 is 2.70 bits per heavy atom. The van der Waals surface area contributed by atoms with Crippen molar-refractivity contribution in [2.75, 3.05) is 0 Å². The molecule has 0 saturated heterocycles. The van der Waals surface area contributed by atoms with Gasteiger partial charge in [0.2, 0.25) is 11.8 Å². The molecule has 0 unspecified atom stereocenters. The Bertz CT molecular complexity index is 1080. The molecule has 6 nitrogen and oxygen atoms in total. The quantitative estimate of drug-likeness (QED) is 0.485. The molecular formula is C20H17ClN4O2. The zero-order valence-corrected chi connectivity index (χ0v) is 15.3. The molecule has 0 N–H and O–H groups in total. The fourth-order valence-electron chi connectivity index (χ4n) is 3.68. The van der Waals surface area contributed by atoms with Crippen LogP contribution in [0.4, 0.5) is 0 Å². The number of pyridine rings is 1. The number of fused-ring (bicyclic) bond motifs is 1. The number of nitrogens with zero attached hydrogens (tertiary/aromatic N) is 4. The van der Waals surface area contributed by atoms with Crippen LogP contribution in [0.5, 0.6) is 0 Å². The molecular weight excluding hydrogens is 364 g/mol. The molecule has 1 saturated carbocycles. The van der Waals surface area contributed by atoms with E-state index in [0.717, 1.165) is 35.0 Å². The third-order valence-corrected chi connectivity index (χ3v) is 5.33. The van der Waals surface area contributed by atoms with Crippen molar-refractivity contribution in [2.24, 2.45) is 0 Å². The Hall–Kier alpha value is -2.73. The van der Waals surface area contributed by atoms with E-state index in [1.165, 1.54) is 12.8 Å². The molecule has 0 spiro atoms. The second kappa shape index (κ2) is 6.78. The summed E-state index contributed by atoms with van der Waals surface area (Å²) in [5, 5.41) is 14.3. The minimum atomic E-state index is 0.450. The van der Waals surface area contributed by atoms with Gasteiger partial charge in [0.1, 0.15) is 0 Å². The molecule has 7 heteroatoms. The molecule has 4 aromatic rings. The number of benzene rings is 1. The molecule has 1 fully saturated rings. The van der Waals surface area contributed by atoms with Crippen LogP contribution >= 0.6 is 11.6 Å². The standard InChI is InChI=1S/C20H17ClN4O2/c21-15-7-5-12(6-8-15)9-17-23-24-19(26-17)14-10-16-18(13-3-1-2-4-13)25-27-20(16)22-11-14/h5-8,10-11,13H,1-4,9H2. The monoisotopic (exact) mass is 380 g/mol. The number of hydrogen-bond acceptors (Lipinski definition) is 6. The molecule has 1 aromatic carbocycles. The van der Waals surface area contributed by atoms with E-state index in [0.29, 0.717) is 34.9 Å². The van der Waals surface area contributed by atoms with Gasteiger partial charge < -0.3 is 8.94 Å². The maximum absolute atomic E-state index is 5.93. The van der Waals surface area contributed by atoms with E-state index in [-0.39, 0.29) is 0 Å². The smallest absolute Gasteiger partial charge is 0.257 e. The van der Waals surface area contributed by atoms with Crippen LogP contribution in [0.1, 0.15) is 48.7 Å². The van der Waals surface area contributed by atoms with Gasteiger partial charge in [-0.3, -0.25) is 0 Å². The van der Waals surface area contributed by atoms with Crippen molar-refractivity contribution >= 4 is 22.7 Å². The van der Waals surface area contributed by atoms with Crippen LogP contribution in [0.25, 0.3) is 22.6 Å². The molecule has 3 heterocycles. The third-order valence-electron chi connectivity index (χ3n) is 5.08. The topological polar surface area (TPSA) is 77.8 Å². The minimum absolute atomic E-state index is 0.450. The van der Waals surface area contributed by atoms with Gasteiger partial charge in [0.25, 0.3) is 5.71 Å². The van der Waals surface area contributed by atoms with E-state index < -0.39 is 0 Å². The molecule has 0 aliphatic heterocycles. The van der Waals surface area contributed by atoms with Crippen molar-refractivity contribution in [3.05, 3.63) is 58.7 Å². The second-order valence-corrected chi connectivity index (χ2v) is 7.37. The summed E-state index contributed by atoms with van der Waals surface area (Å²) in [6.45, 7) is 0. The SMILES string of the molecule is Clc1ccc(Cc2nnc(-c3cnc4onc(C5CCCC5)c4c3)o2)cc1. The average Bonchev–Trinajstić information content (AvgIpc) is 3.43. The molecule has 1 aliphatic carbocycles. The van der Waals surface area contributed by atoms with Crippen molar-refractivity contribution in [3.63, 3.8) is 0 Å². The van der Waals surface area contributed by atoms with E-state index >= 15 is 0 Å². The summed E-state index contributed by atoms with van der Waals surface area (Å²) in [4.78, 5) is 4.38. The van der Waals surface area contributed by atoms with Crippen LogP contribution in [-0.2, 0) is 6.42 Å². The van der Waals surface area contributed by atoms with Crippen molar-refractivity contribution in [2.45, 2.75) is 38.0 Å². The molecule has 136 valence electrons. The summed E-state index contributed by atoms with van der Waals surface area (Å²) in [5.74, 6) is 1.45. The van der Waals surface area contributed by atoms with E-state index in [4.69, 9.17) is 20.5 Å². The Morgan fingerprint density at radius 2 is 1.89 bits per heavy atom. The number of aromatic nitrogens is 4. The highest BCUT2D eigenvalue weighted by molar-refractivity contribution is 6.30. The predicted molar refractivity (Wildman–Crippen MR) is 101 cm³/mol. The summed E-state index contributed by atoms with van der Waals surface area (Å²) in [6, 6.07) is 9.59. The first-order valence-electron chi connectivity index (χ1n) is 9.09. The summed E-state index contributed by atoms with van der Waals surface area (Å²) >= 11 is 5.93. The van der Waals surface area contributed by atoms with Crippen molar-refractivity contribution in [3.8, 4) is 11.5 Å². The molecule has 0 bridgehead atoms. The summed E-state index contributed by atoms with van der Waals surface area (Å²) < 4.78 is 11.3. The Kier molecular flexibility index (Phi) is 4.13. The summed E-state index contributed by atoms with van der Waals surface area (Å²) in [7, 11) is 0. The van der Waals surface area contributed by atoms with Gasteiger partial charge in [-0.05, 0) is 36.6 Å². The van der Waals surface area contributed by atoms with Gasteiger partial charge in [-0.2, -0.15) is 0 Å². The van der Waals surface area contributed by atoms with Gasteiger partial charge in [-0.15, -0.1) is 10.2 Å². The Labute approximate surface area is 160 Å². The maximum atomic E-state index is 5.93. The molecule has 0 radical (unpaired) electrons. The summed E-state index contributed by atoms with van der Waals surface area (Å²) in [6.07, 6.45) is 7.02. The van der Waals surface area contributed by atoms with E-state index in [1.807, 2.05) is 30.3 Å². The molecule has 3 aromatic heterocycles. The predicted octanol–water partition coefficient (Wildman–Crippen LogP) is 5.17. The average molecular weight is 381 g/mol. The Balaban J connectivity index is 1.44. The lowest BCUT2D eigenvalue weighted by atomic mass is 10.0. The Morgan fingerprint density at radius 1 is 1.07 bits per heavy atom. The maximum Gasteiger partial charge on any atom is 0.257 e. The van der Waals surface area contributed by atoms with Gasteiger partial charge in [0.15, 0.2) is 0 Å². The lowest BCUT2D eigenvalue weighted by Gasteiger charge is -2.03.